The number of hydrogen-bond acceptors (Lipinski definition) is 5. The highest BCUT2D eigenvalue weighted by Gasteiger charge is 2.20. The summed E-state index contributed by atoms with van der Waals surface area (Å²) in [6, 6.07) is 10.5. The standard InChI is InChI=1S/C21H24N2O5/c1-26-17-11-14(12-18(27-2)20(17)28-3)21(25)22-15-7-6-8-16(13-15)23-10-5-4-9-19(23)24/h6-8,11-13H,4-5,9-10H2,1-3H3,(H,22,25). The average Bonchev–Trinajstić information content (AvgIpc) is 2.73. The first-order valence-corrected chi connectivity index (χ1v) is 9.09. The number of nitrogens with one attached hydrogen (secondary N) is 1. The monoisotopic (exact) mass is 384 g/mol. The van der Waals surface area contributed by atoms with Crippen LogP contribution in [-0.2, 0) is 4.79 Å². The molecule has 0 saturated carbocycles. The topological polar surface area (TPSA) is 77.1 Å². The predicted octanol–water partition coefficient (Wildman–Crippen LogP) is 3.48. The van der Waals surface area contributed by atoms with E-state index >= 15 is 0 Å². The second-order valence-corrected chi connectivity index (χ2v) is 6.42. The zero-order chi connectivity index (χ0) is 20.1. The van der Waals surface area contributed by atoms with Crippen molar-refractivity contribution in [3.05, 3.63) is 42.0 Å². The first kappa shape index (κ1) is 19.5. The van der Waals surface area contributed by atoms with E-state index in [9.17, 15) is 9.59 Å². The molecule has 148 valence electrons. The number of benzene rings is 2. The Balaban J connectivity index is 1.83. The molecule has 0 spiro atoms. The highest BCUT2D eigenvalue weighted by atomic mass is 16.5. The largest absolute Gasteiger partial charge is 0.493 e. The molecule has 1 saturated heterocycles. The molecule has 2 aromatic rings. The van der Waals surface area contributed by atoms with Gasteiger partial charge in [0.2, 0.25) is 11.7 Å². The number of rotatable bonds is 6. The summed E-state index contributed by atoms with van der Waals surface area (Å²) in [6.07, 6.45) is 2.46. The third kappa shape index (κ3) is 4.03. The van der Waals surface area contributed by atoms with Gasteiger partial charge in [-0.2, -0.15) is 0 Å². The highest BCUT2D eigenvalue weighted by Crippen LogP contribution is 2.38. The molecule has 0 unspecified atom stereocenters. The first-order chi connectivity index (χ1) is 13.6. The number of amides is 2. The fourth-order valence-electron chi connectivity index (χ4n) is 3.25. The van der Waals surface area contributed by atoms with Gasteiger partial charge in [0.1, 0.15) is 0 Å². The van der Waals surface area contributed by atoms with Gasteiger partial charge in [0.15, 0.2) is 11.5 Å². The van der Waals surface area contributed by atoms with Gasteiger partial charge >= 0.3 is 0 Å². The van der Waals surface area contributed by atoms with Gasteiger partial charge < -0.3 is 24.4 Å². The lowest BCUT2D eigenvalue weighted by Crippen LogP contribution is -2.35. The Bertz CT molecular complexity index is 856. The second kappa shape index (κ2) is 8.65. The maximum absolute atomic E-state index is 12.8. The number of piperidine rings is 1. The second-order valence-electron chi connectivity index (χ2n) is 6.42. The third-order valence-electron chi connectivity index (χ3n) is 4.67. The fraction of sp³-hybridized carbons (Fsp3) is 0.333. The van der Waals surface area contributed by atoms with Crippen molar-refractivity contribution in [3.63, 3.8) is 0 Å². The van der Waals surface area contributed by atoms with E-state index in [1.54, 1.807) is 29.2 Å². The van der Waals surface area contributed by atoms with Crippen molar-refractivity contribution >= 4 is 23.2 Å². The minimum absolute atomic E-state index is 0.111. The number of anilines is 2. The third-order valence-corrected chi connectivity index (χ3v) is 4.67. The minimum Gasteiger partial charge on any atom is -0.493 e. The Morgan fingerprint density at radius 2 is 1.71 bits per heavy atom. The van der Waals surface area contributed by atoms with Crippen molar-refractivity contribution in [1.82, 2.24) is 0 Å². The number of methoxy groups -OCH3 is 3. The Labute approximate surface area is 164 Å². The van der Waals surface area contributed by atoms with Gasteiger partial charge in [-0.25, -0.2) is 0 Å². The van der Waals surface area contributed by atoms with E-state index in [0.717, 1.165) is 18.5 Å². The fourth-order valence-corrected chi connectivity index (χ4v) is 3.25. The number of nitrogens with zero attached hydrogens (tertiary/aromatic N) is 1. The molecule has 28 heavy (non-hydrogen) atoms. The zero-order valence-corrected chi connectivity index (χ0v) is 16.3. The molecule has 0 atom stereocenters. The molecule has 0 bridgehead atoms. The van der Waals surface area contributed by atoms with Gasteiger partial charge in [-0.15, -0.1) is 0 Å². The van der Waals surface area contributed by atoms with Crippen LogP contribution in [0.5, 0.6) is 17.2 Å². The van der Waals surface area contributed by atoms with Gasteiger partial charge in [-0.1, -0.05) is 6.07 Å². The molecule has 2 aromatic carbocycles. The van der Waals surface area contributed by atoms with Crippen LogP contribution in [0.4, 0.5) is 11.4 Å². The molecule has 1 aliphatic heterocycles. The molecule has 0 radical (unpaired) electrons. The van der Waals surface area contributed by atoms with Crippen molar-refractivity contribution in [2.24, 2.45) is 0 Å². The van der Waals surface area contributed by atoms with Crippen LogP contribution in [0, 0.1) is 0 Å². The Kier molecular flexibility index (Phi) is 6.03. The smallest absolute Gasteiger partial charge is 0.255 e. The van der Waals surface area contributed by atoms with E-state index < -0.39 is 0 Å². The first-order valence-electron chi connectivity index (χ1n) is 9.09. The Hall–Kier alpha value is -3.22. The molecule has 1 heterocycles. The molecule has 2 amide bonds. The maximum Gasteiger partial charge on any atom is 0.255 e. The van der Waals surface area contributed by atoms with E-state index in [1.807, 2.05) is 12.1 Å². The molecule has 1 N–H and O–H groups in total. The van der Waals surface area contributed by atoms with Crippen molar-refractivity contribution in [3.8, 4) is 17.2 Å². The predicted molar refractivity (Wildman–Crippen MR) is 107 cm³/mol. The molecular formula is C21H24N2O5. The minimum atomic E-state index is -0.318. The summed E-state index contributed by atoms with van der Waals surface area (Å²) in [4.78, 5) is 26.7. The summed E-state index contributed by atoms with van der Waals surface area (Å²) in [5, 5.41) is 2.86. The lowest BCUT2D eigenvalue weighted by Gasteiger charge is -2.27. The van der Waals surface area contributed by atoms with E-state index in [4.69, 9.17) is 14.2 Å². The van der Waals surface area contributed by atoms with Gasteiger partial charge in [-0.05, 0) is 43.2 Å². The summed E-state index contributed by atoms with van der Waals surface area (Å²) < 4.78 is 15.9. The Morgan fingerprint density at radius 3 is 2.32 bits per heavy atom. The van der Waals surface area contributed by atoms with Gasteiger partial charge in [0.05, 0.1) is 21.3 Å². The molecule has 7 nitrogen and oxygen atoms in total. The summed E-state index contributed by atoms with van der Waals surface area (Å²) in [7, 11) is 4.50. The summed E-state index contributed by atoms with van der Waals surface area (Å²) in [6.45, 7) is 0.698. The van der Waals surface area contributed by atoms with Crippen LogP contribution in [0.25, 0.3) is 0 Å². The number of ether oxygens (including phenoxy) is 3. The molecule has 7 heteroatoms. The normalized spacial score (nSPS) is 13.8. The van der Waals surface area contributed by atoms with Gasteiger partial charge in [0.25, 0.3) is 5.91 Å². The van der Waals surface area contributed by atoms with Crippen molar-refractivity contribution < 1.29 is 23.8 Å². The van der Waals surface area contributed by atoms with Crippen LogP contribution in [0.2, 0.25) is 0 Å². The quantitative estimate of drug-likeness (QED) is 0.825. The van der Waals surface area contributed by atoms with Gasteiger partial charge in [0, 0.05) is 29.9 Å². The number of carbonyl (C=O) groups excluding carboxylic acids is 2. The zero-order valence-electron chi connectivity index (χ0n) is 16.3. The van der Waals surface area contributed by atoms with E-state index in [1.165, 1.54) is 21.3 Å². The SMILES string of the molecule is COc1cc(C(=O)Nc2cccc(N3CCCCC3=O)c2)cc(OC)c1OC. The molecule has 0 aromatic heterocycles. The number of carbonyl (C=O) groups is 2. The summed E-state index contributed by atoms with van der Waals surface area (Å²) in [5.41, 5.74) is 1.76. The van der Waals surface area contributed by atoms with Crippen LogP contribution in [0.15, 0.2) is 36.4 Å². The molecule has 1 fully saturated rings. The highest BCUT2D eigenvalue weighted by molar-refractivity contribution is 6.05. The van der Waals surface area contributed by atoms with Gasteiger partial charge in [-0.3, -0.25) is 9.59 Å². The van der Waals surface area contributed by atoms with Crippen molar-refractivity contribution in [2.75, 3.05) is 38.1 Å². The van der Waals surface area contributed by atoms with E-state index in [2.05, 4.69) is 5.32 Å². The van der Waals surface area contributed by atoms with E-state index in [0.29, 0.717) is 41.5 Å². The molecule has 0 aliphatic carbocycles. The molecular weight excluding hydrogens is 360 g/mol. The lowest BCUT2D eigenvalue weighted by molar-refractivity contribution is -0.119. The Morgan fingerprint density at radius 1 is 1.00 bits per heavy atom. The van der Waals surface area contributed by atoms with Crippen molar-refractivity contribution in [1.29, 1.82) is 0 Å². The molecule has 3 rings (SSSR count). The van der Waals surface area contributed by atoms with Crippen LogP contribution < -0.4 is 24.4 Å². The number of hydrogen-bond donors (Lipinski definition) is 1. The van der Waals surface area contributed by atoms with Crippen LogP contribution in [0.3, 0.4) is 0 Å². The van der Waals surface area contributed by atoms with Crippen LogP contribution >= 0.6 is 0 Å². The summed E-state index contributed by atoms with van der Waals surface area (Å²) >= 11 is 0. The van der Waals surface area contributed by atoms with E-state index in [-0.39, 0.29) is 11.8 Å². The molecule has 1 aliphatic rings. The average molecular weight is 384 g/mol. The van der Waals surface area contributed by atoms with Crippen LogP contribution in [0.1, 0.15) is 29.6 Å². The van der Waals surface area contributed by atoms with Crippen LogP contribution in [-0.4, -0.2) is 39.7 Å². The van der Waals surface area contributed by atoms with Crippen molar-refractivity contribution in [2.45, 2.75) is 19.3 Å². The summed E-state index contributed by atoms with van der Waals surface area (Å²) in [5.74, 6) is 1.02. The lowest BCUT2D eigenvalue weighted by atomic mass is 10.1. The maximum atomic E-state index is 12.8.